The molecule has 0 atom stereocenters. The van der Waals surface area contributed by atoms with E-state index in [0.717, 1.165) is 29.1 Å². The molecule has 108 valence electrons. The minimum absolute atomic E-state index is 0.280. The highest BCUT2D eigenvalue weighted by Crippen LogP contribution is 2.29. The van der Waals surface area contributed by atoms with Crippen LogP contribution >= 0.6 is 0 Å². The molecule has 0 aliphatic rings. The number of nitrogens with zero attached hydrogens (tertiary/aromatic N) is 3. The van der Waals surface area contributed by atoms with Gasteiger partial charge in [-0.05, 0) is 19.1 Å². The van der Waals surface area contributed by atoms with Gasteiger partial charge < -0.3 is 10.3 Å². The normalized spacial score (nSPS) is 11.8. The van der Waals surface area contributed by atoms with Crippen LogP contribution in [0.2, 0.25) is 0 Å². The number of pyridine rings is 2. The van der Waals surface area contributed by atoms with Crippen molar-refractivity contribution in [2.24, 2.45) is 0 Å². The Morgan fingerprint density at radius 1 is 1.10 bits per heavy atom. The summed E-state index contributed by atoms with van der Waals surface area (Å²) in [6.07, 6.45) is -2.02. The van der Waals surface area contributed by atoms with Crippen LogP contribution in [0, 0.1) is 6.92 Å². The van der Waals surface area contributed by atoms with Gasteiger partial charge in [-0.3, -0.25) is 0 Å². The Hall–Kier alpha value is -2.64. The number of nitrogens with one attached hydrogen (secondary N) is 2. The lowest BCUT2D eigenvalue weighted by Crippen LogP contribution is -2.06. The molecular formula is C13H10F3N5. The summed E-state index contributed by atoms with van der Waals surface area (Å²) in [5.74, 6) is 1.50. The topological polar surface area (TPSA) is 66.5 Å². The number of imidazole rings is 1. The van der Waals surface area contributed by atoms with Gasteiger partial charge in [0.15, 0.2) is 0 Å². The molecule has 5 nitrogen and oxygen atoms in total. The summed E-state index contributed by atoms with van der Waals surface area (Å²) in [6.45, 7) is 1.82. The second-order valence-corrected chi connectivity index (χ2v) is 4.46. The van der Waals surface area contributed by atoms with Crippen LogP contribution in [-0.2, 0) is 6.18 Å². The van der Waals surface area contributed by atoms with Crippen molar-refractivity contribution >= 4 is 22.7 Å². The van der Waals surface area contributed by atoms with E-state index in [2.05, 4.69) is 25.3 Å². The van der Waals surface area contributed by atoms with Crippen LogP contribution in [0.15, 0.2) is 30.6 Å². The first kappa shape index (κ1) is 13.3. The molecule has 2 N–H and O–H groups in total. The van der Waals surface area contributed by atoms with Crippen molar-refractivity contribution in [3.05, 3.63) is 42.0 Å². The highest BCUT2D eigenvalue weighted by atomic mass is 19.4. The molecule has 0 radical (unpaired) electrons. The number of anilines is 2. The number of fused-ring (bicyclic) bond motifs is 1. The van der Waals surface area contributed by atoms with E-state index in [4.69, 9.17) is 0 Å². The number of aryl methyl sites for hydroxylation is 1. The molecule has 0 aromatic carbocycles. The maximum atomic E-state index is 12.4. The molecule has 3 heterocycles. The molecule has 0 bridgehead atoms. The minimum atomic E-state index is -4.39. The molecule has 0 unspecified atom stereocenters. The number of aromatic amines is 1. The van der Waals surface area contributed by atoms with Crippen LogP contribution in [0.5, 0.6) is 0 Å². The predicted octanol–water partition coefficient (Wildman–Crippen LogP) is 3.42. The van der Waals surface area contributed by atoms with Gasteiger partial charge in [0.1, 0.15) is 17.5 Å². The van der Waals surface area contributed by atoms with Gasteiger partial charge in [0.25, 0.3) is 0 Å². The number of H-pyrrole nitrogens is 1. The van der Waals surface area contributed by atoms with Crippen molar-refractivity contribution in [1.82, 2.24) is 19.9 Å². The van der Waals surface area contributed by atoms with Crippen LogP contribution in [0.4, 0.5) is 24.8 Å². The van der Waals surface area contributed by atoms with Gasteiger partial charge in [0, 0.05) is 12.3 Å². The zero-order valence-electron chi connectivity index (χ0n) is 10.9. The largest absolute Gasteiger partial charge is 0.417 e. The average Bonchev–Trinajstić information content (AvgIpc) is 2.78. The fourth-order valence-electron chi connectivity index (χ4n) is 1.87. The van der Waals surface area contributed by atoms with Crippen LogP contribution in [-0.4, -0.2) is 19.9 Å². The van der Waals surface area contributed by atoms with Gasteiger partial charge in [-0.1, -0.05) is 0 Å². The number of alkyl halides is 3. The molecule has 0 saturated heterocycles. The number of halogens is 3. The summed E-state index contributed by atoms with van der Waals surface area (Å²) >= 11 is 0. The van der Waals surface area contributed by atoms with Gasteiger partial charge in [-0.15, -0.1) is 0 Å². The minimum Gasteiger partial charge on any atom is -0.341 e. The molecule has 0 aliphatic carbocycles. The summed E-state index contributed by atoms with van der Waals surface area (Å²) < 4.78 is 37.3. The first-order chi connectivity index (χ1) is 9.91. The zero-order chi connectivity index (χ0) is 15.0. The molecule has 3 rings (SSSR count). The third-order valence-electron chi connectivity index (χ3n) is 2.83. The quantitative estimate of drug-likeness (QED) is 0.759. The summed E-state index contributed by atoms with van der Waals surface area (Å²) in [5.41, 5.74) is 0.717. The molecule has 0 amide bonds. The fourth-order valence-corrected chi connectivity index (χ4v) is 1.87. The Morgan fingerprint density at radius 3 is 2.52 bits per heavy atom. The average molecular weight is 293 g/mol. The zero-order valence-corrected chi connectivity index (χ0v) is 10.9. The molecule has 0 spiro atoms. The van der Waals surface area contributed by atoms with E-state index in [9.17, 15) is 13.2 Å². The second-order valence-electron chi connectivity index (χ2n) is 4.46. The van der Waals surface area contributed by atoms with E-state index >= 15 is 0 Å². The van der Waals surface area contributed by atoms with Crippen LogP contribution in [0.1, 0.15) is 11.4 Å². The van der Waals surface area contributed by atoms with Crippen LogP contribution in [0.3, 0.4) is 0 Å². The van der Waals surface area contributed by atoms with E-state index in [1.165, 1.54) is 6.07 Å². The van der Waals surface area contributed by atoms with E-state index in [-0.39, 0.29) is 5.82 Å². The SMILES string of the molecule is Cc1nc2cc(Nc3ccc(C(F)(F)F)cn3)ncc2[nH]1. The van der Waals surface area contributed by atoms with Crippen molar-refractivity contribution in [2.75, 3.05) is 5.32 Å². The summed E-state index contributed by atoms with van der Waals surface area (Å²) in [7, 11) is 0. The van der Waals surface area contributed by atoms with Gasteiger partial charge in [-0.25, -0.2) is 15.0 Å². The van der Waals surface area contributed by atoms with E-state index < -0.39 is 11.7 Å². The Bertz CT molecular complexity index is 777. The molecule has 0 aliphatic heterocycles. The molecule has 0 saturated carbocycles. The van der Waals surface area contributed by atoms with Crippen molar-refractivity contribution < 1.29 is 13.2 Å². The maximum Gasteiger partial charge on any atom is 0.417 e. The highest BCUT2D eigenvalue weighted by Gasteiger charge is 2.30. The molecule has 21 heavy (non-hydrogen) atoms. The second kappa shape index (κ2) is 4.72. The van der Waals surface area contributed by atoms with Gasteiger partial charge in [0.05, 0.1) is 22.8 Å². The first-order valence-corrected chi connectivity index (χ1v) is 6.04. The monoisotopic (exact) mass is 293 g/mol. The van der Waals surface area contributed by atoms with Gasteiger partial charge in [0.2, 0.25) is 0 Å². The standard InChI is InChI=1S/C13H10F3N5/c1-7-19-9-4-12(18-6-10(9)20-7)21-11-3-2-8(5-17-11)13(14,15)16/h2-6H,1H3,(H,19,20)(H,17,18,21). The molecule has 0 fully saturated rings. The third kappa shape index (κ3) is 2.78. The number of hydrogen-bond acceptors (Lipinski definition) is 4. The summed E-state index contributed by atoms with van der Waals surface area (Å²) in [6, 6.07) is 3.91. The van der Waals surface area contributed by atoms with Crippen LogP contribution < -0.4 is 5.32 Å². The number of aromatic nitrogens is 4. The number of rotatable bonds is 2. The molecular weight excluding hydrogens is 283 g/mol. The molecule has 8 heteroatoms. The van der Waals surface area contributed by atoms with Crippen LogP contribution in [0.25, 0.3) is 11.0 Å². The Labute approximate surface area is 117 Å². The third-order valence-corrected chi connectivity index (χ3v) is 2.83. The van der Waals surface area contributed by atoms with E-state index in [1.54, 1.807) is 12.3 Å². The van der Waals surface area contributed by atoms with E-state index in [1.807, 2.05) is 6.92 Å². The maximum absolute atomic E-state index is 12.4. The summed E-state index contributed by atoms with van der Waals surface area (Å²) in [4.78, 5) is 15.2. The van der Waals surface area contributed by atoms with Crippen molar-refractivity contribution in [1.29, 1.82) is 0 Å². The van der Waals surface area contributed by atoms with Crippen molar-refractivity contribution in [3.63, 3.8) is 0 Å². The molecule has 3 aromatic heterocycles. The Balaban J connectivity index is 1.84. The first-order valence-electron chi connectivity index (χ1n) is 6.04. The Kier molecular flexibility index (Phi) is 3.00. The lowest BCUT2D eigenvalue weighted by atomic mass is 10.3. The summed E-state index contributed by atoms with van der Waals surface area (Å²) in [5, 5.41) is 2.84. The predicted molar refractivity (Wildman–Crippen MR) is 71.1 cm³/mol. The van der Waals surface area contributed by atoms with Gasteiger partial charge >= 0.3 is 6.18 Å². The smallest absolute Gasteiger partial charge is 0.341 e. The highest BCUT2D eigenvalue weighted by molar-refractivity contribution is 5.77. The van der Waals surface area contributed by atoms with Crippen molar-refractivity contribution in [3.8, 4) is 0 Å². The Morgan fingerprint density at radius 2 is 1.86 bits per heavy atom. The lowest BCUT2D eigenvalue weighted by molar-refractivity contribution is -0.137. The number of hydrogen-bond donors (Lipinski definition) is 2. The fraction of sp³-hybridized carbons (Fsp3) is 0.154. The lowest BCUT2D eigenvalue weighted by Gasteiger charge is -2.08. The molecule has 3 aromatic rings. The van der Waals surface area contributed by atoms with Crippen molar-refractivity contribution in [2.45, 2.75) is 13.1 Å². The van der Waals surface area contributed by atoms with E-state index in [0.29, 0.717) is 5.82 Å². The van der Waals surface area contributed by atoms with Gasteiger partial charge in [-0.2, -0.15) is 13.2 Å².